The predicted molar refractivity (Wildman–Crippen MR) is 220 cm³/mol. The van der Waals surface area contributed by atoms with E-state index in [0.29, 0.717) is 44.3 Å². The topological polar surface area (TPSA) is 258 Å². The van der Waals surface area contributed by atoms with Crippen LogP contribution in [-0.4, -0.2) is 84.5 Å². The van der Waals surface area contributed by atoms with Crippen molar-refractivity contribution >= 4 is 41.2 Å². The maximum atomic E-state index is 13.8. The fourth-order valence-electron chi connectivity index (χ4n) is 6.07. The molecule has 57 heavy (non-hydrogen) atoms. The van der Waals surface area contributed by atoms with Gasteiger partial charge >= 0.3 is 0 Å². The molecule has 0 saturated carbocycles. The Labute approximate surface area is 336 Å². The number of Topliss-reactive ketones (excluding diaryl/α,β-unsaturated/α-hetero) is 1. The number of carbonyl (C=O) groups is 7. The number of nitrogens with two attached hydrogens (primary N) is 3. The van der Waals surface area contributed by atoms with Crippen LogP contribution in [0, 0.1) is 5.92 Å². The summed E-state index contributed by atoms with van der Waals surface area (Å²) in [5, 5.41) is 13.2. The van der Waals surface area contributed by atoms with Gasteiger partial charge in [0.15, 0.2) is 0 Å². The van der Waals surface area contributed by atoms with Crippen molar-refractivity contribution in [2.24, 2.45) is 23.1 Å². The Hall–Kier alpha value is -5.15. The minimum absolute atomic E-state index is 0.0501. The molecule has 2 aromatic carbocycles. The lowest BCUT2D eigenvalue weighted by Gasteiger charge is -2.26. The SMILES string of the molecule is CCCCc1ccc(-c2ccc(C(=O)N[C@@H](CCCCN)C(=O)N[C@@H](CCCCN)C(=O)N[C@@H](C)C(=O)N[C@@H](CC(C)C)C(=O)N[C@@H](C)C(=O)C(N)=O)cc2)cc1. The summed E-state index contributed by atoms with van der Waals surface area (Å²) >= 11 is 0. The van der Waals surface area contributed by atoms with Gasteiger partial charge < -0.3 is 43.8 Å². The molecule has 0 aromatic heterocycles. The molecule has 0 bridgehead atoms. The van der Waals surface area contributed by atoms with Gasteiger partial charge in [0.1, 0.15) is 24.2 Å². The largest absolute Gasteiger partial charge is 0.363 e. The number of hydrogen-bond acceptors (Lipinski definition) is 9. The Kier molecular flexibility index (Phi) is 21.2. The predicted octanol–water partition coefficient (Wildman–Crippen LogP) is 2.13. The molecule has 0 heterocycles. The first-order valence-electron chi connectivity index (χ1n) is 20.1. The van der Waals surface area contributed by atoms with Crippen LogP contribution < -0.4 is 43.8 Å². The highest BCUT2D eigenvalue weighted by Gasteiger charge is 2.31. The van der Waals surface area contributed by atoms with Crippen LogP contribution in [0.3, 0.4) is 0 Å². The highest BCUT2D eigenvalue weighted by molar-refractivity contribution is 6.37. The second-order valence-electron chi connectivity index (χ2n) is 14.9. The van der Waals surface area contributed by atoms with Crippen molar-refractivity contribution in [3.63, 3.8) is 0 Å². The molecule has 0 fully saturated rings. The quantitative estimate of drug-likeness (QED) is 0.0512. The summed E-state index contributed by atoms with van der Waals surface area (Å²) < 4.78 is 0. The number of carbonyl (C=O) groups excluding carboxylic acids is 7. The van der Waals surface area contributed by atoms with Crippen LogP contribution in [0.25, 0.3) is 11.1 Å². The molecule has 15 heteroatoms. The number of hydrogen-bond donors (Lipinski definition) is 8. The summed E-state index contributed by atoms with van der Waals surface area (Å²) in [6.07, 6.45) is 6.20. The van der Waals surface area contributed by atoms with Crippen molar-refractivity contribution in [1.29, 1.82) is 0 Å². The van der Waals surface area contributed by atoms with Gasteiger partial charge in [0.05, 0.1) is 6.04 Å². The van der Waals surface area contributed by atoms with Crippen LogP contribution in [0.2, 0.25) is 0 Å². The molecule has 0 unspecified atom stereocenters. The van der Waals surface area contributed by atoms with Gasteiger partial charge in [-0.2, -0.15) is 0 Å². The van der Waals surface area contributed by atoms with E-state index in [-0.39, 0.29) is 25.2 Å². The van der Waals surface area contributed by atoms with Gasteiger partial charge in [-0.15, -0.1) is 0 Å². The maximum absolute atomic E-state index is 13.8. The number of primary amides is 1. The van der Waals surface area contributed by atoms with E-state index in [1.165, 1.54) is 19.4 Å². The van der Waals surface area contributed by atoms with E-state index in [1.54, 1.807) is 12.1 Å². The molecule has 314 valence electrons. The number of aryl methyl sites for hydroxylation is 1. The third kappa shape index (κ3) is 16.9. The molecular weight excluding hydrogens is 729 g/mol. The van der Waals surface area contributed by atoms with E-state index in [4.69, 9.17) is 17.2 Å². The van der Waals surface area contributed by atoms with Gasteiger partial charge in [-0.3, -0.25) is 33.6 Å². The molecule has 2 aromatic rings. The lowest BCUT2D eigenvalue weighted by atomic mass is 10.0. The lowest BCUT2D eigenvalue weighted by molar-refractivity contribution is -0.138. The van der Waals surface area contributed by atoms with Gasteiger partial charge in [-0.1, -0.05) is 63.6 Å². The Bertz CT molecular complexity index is 1630. The molecule has 5 atom stereocenters. The van der Waals surface area contributed by atoms with Crippen molar-refractivity contribution in [2.45, 2.75) is 129 Å². The van der Waals surface area contributed by atoms with E-state index >= 15 is 0 Å². The number of ketones is 1. The second-order valence-corrected chi connectivity index (χ2v) is 14.9. The minimum Gasteiger partial charge on any atom is -0.363 e. The minimum atomic E-state index is -1.20. The summed E-state index contributed by atoms with van der Waals surface area (Å²) in [7, 11) is 0. The van der Waals surface area contributed by atoms with E-state index in [9.17, 15) is 33.6 Å². The van der Waals surface area contributed by atoms with Crippen molar-refractivity contribution in [3.05, 3.63) is 59.7 Å². The molecule has 0 radical (unpaired) electrons. The molecule has 0 saturated heterocycles. The van der Waals surface area contributed by atoms with Crippen molar-refractivity contribution in [2.75, 3.05) is 13.1 Å². The maximum Gasteiger partial charge on any atom is 0.287 e. The smallest absolute Gasteiger partial charge is 0.287 e. The monoisotopic (exact) mass is 792 g/mol. The molecule has 0 aliphatic rings. The number of rotatable bonds is 26. The highest BCUT2D eigenvalue weighted by Crippen LogP contribution is 2.21. The Balaban J connectivity index is 2.17. The molecule has 0 aliphatic carbocycles. The van der Waals surface area contributed by atoms with E-state index in [2.05, 4.69) is 57.8 Å². The van der Waals surface area contributed by atoms with Gasteiger partial charge in [-0.05, 0) is 119 Å². The summed E-state index contributed by atoms with van der Waals surface area (Å²) in [5.74, 6) is -5.30. The van der Waals surface area contributed by atoms with Gasteiger partial charge in [0, 0.05) is 5.56 Å². The molecule has 6 amide bonds. The molecule has 0 spiro atoms. The highest BCUT2D eigenvalue weighted by atomic mass is 16.2. The van der Waals surface area contributed by atoms with Crippen molar-refractivity contribution < 1.29 is 33.6 Å². The number of benzene rings is 2. The van der Waals surface area contributed by atoms with Crippen LogP contribution in [0.5, 0.6) is 0 Å². The van der Waals surface area contributed by atoms with E-state index < -0.39 is 71.4 Å². The summed E-state index contributed by atoms with van der Waals surface area (Å²) in [6, 6.07) is 10.00. The first kappa shape index (κ1) is 48.0. The fraction of sp³-hybridized carbons (Fsp3) is 0.548. The Morgan fingerprint density at radius 3 is 1.54 bits per heavy atom. The zero-order valence-electron chi connectivity index (χ0n) is 34.2. The molecule has 15 nitrogen and oxygen atoms in total. The summed E-state index contributed by atoms with van der Waals surface area (Å²) in [5.41, 5.74) is 20.1. The molecular formula is C42H64N8O7. The van der Waals surface area contributed by atoms with Crippen molar-refractivity contribution in [3.8, 4) is 11.1 Å². The zero-order valence-corrected chi connectivity index (χ0v) is 34.2. The third-order valence-corrected chi connectivity index (χ3v) is 9.49. The number of nitrogens with one attached hydrogen (secondary N) is 5. The van der Waals surface area contributed by atoms with Crippen LogP contribution in [0.15, 0.2) is 48.5 Å². The normalized spacial score (nSPS) is 13.7. The standard InChI is InChI=1S/C42H64N8O7/c1-6-7-12-29-15-17-30(18-16-29)31-19-21-32(22-20-31)39(54)48-34(14-9-11-24-44)41(56)49-33(13-8-10-23-43)40(55)47-28(5)38(53)50-35(25-26(2)3)42(57)46-27(4)36(51)37(45)52/h15-22,26-28,33-35H,6-14,23-25,43-44H2,1-5H3,(H2,45,52)(H,46,57)(H,47,55)(H,48,54)(H,49,56)(H,50,53)/t27-,28-,33-,34-,35-/m0/s1. The zero-order chi connectivity index (χ0) is 42.5. The fourth-order valence-corrected chi connectivity index (χ4v) is 6.07. The summed E-state index contributed by atoms with van der Waals surface area (Å²) in [4.78, 5) is 90.3. The Morgan fingerprint density at radius 1 is 0.561 bits per heavy atom. The van der Waals surface area contributed by atoms with Crippen LogP contribution in [-0.2, 0) is 35.2 Å². The number of amides is 6. The molecule has 2 rings (SSSR count). The van der Waals surface area contributed by atoms with E-state index in [1.807, 2.05) is 26.0 Å². The van der Waals surface area contributed by atoms with Gasteiger partial charge in [0.25, 0.3) is 11.8 Å². The van der Waals surface area contributed by atoms with Crippen LogP contribution >= 0.6 is 0 Å². The summed E-state index contributed by atoms with van der Waals surface area (Å²) in [6.45, 7) is 9.33. The van der Waals surface area contributed by atoms with E-state index in [0.717, 1.165) is 30.4 Å². The van der Waals surface area contributed by atoms with Gasteiger partial charge in [-0.25, -0.2) is 0 Å². The first-order chi connectivity index (χ1) is 27.1. The number of unbranched alkanes of at least 4 members (excludes halogenated alkanes) is 3. The third-order valence-electron chi connectivity index (χ3n) is 9.49. The van der Waals surface area contributed by atoms with Gasteiger partial charge in [0.2, 0.25) is 29.4 Å². The molecule has 11 N–H and O–H groups in total. The average Bonchev–Trinajstić information content (AvgIpc) is 3.18. The van der Waals surface area contributed by atoms with Crippen molar-refractivity contribution in [1.82, 2.24) is 26.6 Å². The van der Waals surface area contributed by atoms with Crippen LogP contribution in [0.1, 0.15) is 108 Å². The average molecular weight is 793 g/mol. The Morgan fingerprint density at radius 2 is 1.04 bits per heavy atom. The molecule has 0 aliphatic heterocycles. The second kappa shape index (κ2) is 25.2. The van der Waals surface area contributed by atoms with Crippen LogP contribution in [0.4, 0.5) is 0 Å². The first-order valence-corrected chi connectivity index (χ1v) is 20.1. The lowest BCUT2D eigenvalue weighted by Crippen LogP contribution is -2.58.